The van der Waals surface area contributed by atoms with Crippen LogP contribution in [0.5, 0.6) is 0 Å². The van der Waals surface area contributed by atoms with Gasteiger partial charge >= 0.3 is 0 Å². The van der Waals surface area contributed by atoms with Gasteiger partial charge in [-0.25, -0.2) is 4.98 Å². The van der Waals surface area contributed by atoms with E-state index in [0.717, 1.165) is 43.1 Å². The number of carbonyl (C=O) groups is 2. The third-order valence-corrected chi connectivity index (χ3v) is 5.38. The molecule has 2 aliphatic heterocycles. The number of rotatable bonds is 1. The van der Waals surface area contributed by atoms with Gasteiger partial charge in [-0.3, -0.25) is 9.59 Å². The zero-order valence-electron chi connectivity index (χ0n) is 13.9. The average molecular weight is 323 g/mol. The van der Waals surface area contributed by atoms with E-state index >= 15 is 0 Å². The smallest absolute Gasteiger partial charge is 0.273 e. The number of para-hydroxylation sites is 1. The number of hydrogen-bond acceptors (Lipinski definition) is 3. The normalized spacial score (nSPS) is 24.1. The highest BCUT2D eigenvalue weighted by Gasteiger charge is 2.52. The number of likely N-dealkylation sites (tertiary alicyclic amines) is 2. The summed E-state index contributed by atoms with van der Waals surface area (Å²) in [5, 5.41) is 1.01. The van der Waals surface area contributed by atoms with Gasteiger partial charge in [-0.05, 0) is 37.8 Å². The number of nitrogens with zero attached hydrogens (tertiary/aromatic N) is 3. The molecule has 0 radical (unpaired) electrons. The Morgan fingerprint density at radius 1 is 1.08 bits per heavy atom. The fourth-order valence-electron chi connectivity index (χ4n) is 4.15. The zero-order chi connectivity index (χ0) is 16.7. The molecule has 1 aromatic carbocycles. The van der Waals surface area contributed by atoms with E-state index in [1.54, 1.807) is 15.9 Å². The number of likely N-dealkylation sites (N-methyl/N-ethyl adjacent to an activating group) is 1. The standard InChI is InChI=1S/C19H21N3O2/c1-21-12-4-10-19(18(21)24)11-5-13-22(19)17(23)16-9-8-14-6-2-3-7-15(14)20-16/h2-3,6-9H,4-5,10-13H2,1H3. The molecule has 3 heterocycles. The molecule has 1 unspecified atom stereocenters. The van der Waals surface area contributed by atoms with E-state index in [-0.39, 0.29) is 11.8 Å². The zero-order valence-corrected chi connectivity index (χ0v) is 13.9. The minimum Gasteiger partial charge on any atom is -0.344 e. The molecule has 124 valence electrons. The highest BCUT2D eigenvalue weighted by Crippen LogP contribution is 2.38. The molecule has 2 aliphatic rings. The summed E-state index contributed by atoms with van der Waals surface area (Å²) in [7, 11) is 1.83. The Kier molecular flexibility index (Phi) is 3.52. The van der Waals surface area contributed by atoms with Gasteiger partial charge in [-0.15, -0.1) is 0 Å². The van der Waals surface area contributed by atoms with Crippen molar-refractivity contribution in [2.24, 2.45) is 0 Å². The molecule has 4 rings (SSSR count). The third kappa shape index (κ3) is 2.19. The fourth-order valence-corrected chi connectivity index (χ4v) is 4.15. The number of carbonyl (C=O) groups excluding carboxylic acids is 2. The summed E-state index contributed by atoms with van der Waals surface area (Å²) in [5.74, 6) is -0.0395. The number of piperidine rings is 1. The van der Waals surface area contributed by atoms with Crippen LogP contribution in [-0.2, 0) is 4.79 Å². The predicted octanol–water partition coefficient (Wildman–Crippen LogP) is 2.46. The second kappa shape index (κ2) is 5.58. The van der Waals surface area contributed by atoms with Crippen LogP contribution in [0.15, 0.2) is 36.4 Å². The van der Waals surface area contributed by atoms with Gasteiger partial charge in [0, 0.05) is 25.5 Å². The van der Waals surface area contributed by atoms with Crippen molar-refractivity contribution >= 4 is 22.7 Å². The monoisotopic (exact) mass is 323 g/mol. The molecule has 24 heavy (non-hydrogen) atoms. The highest BCUT2D eigenvalue weighted by atomic mass is 16.2. The van der Waals surface area contributed by atoms with E-state index in [1.165, 1.54) is 0 Å². The average Bonchev–Trinajstić information content (AvgIpc) is 3.03. The number of fused-ring (bicyclic) bond motifs is 1. The van der Waals surface area contributed by atoms with Crippen LogP contribution in [0.2, 0.25) is 0 Å². The Hall–Kier alpha value is -2.43. The van der Waals surface area contributed by atoms with E-state index in [2.05, 4.69) is 4.98 Å². The fraction of sp³-hybridized carbons (Fsp3) is 0.421. The highest BCUT2D eigenvalue weighted by molar-refractivity contribution is 6.00. The molecule has 1 spiro atoms. The predicted molar refractivity (Wildman–Crippen MR) is 91.6 cm³/mol. The molecule has 1 aromatic heterocycles. The quantitative estimate of drug-likeness (QED) is 0.810. The molecule has 5 nitrogen and oxygen atoms in total. The maximum atomic E-state index is 13.1. The Labute approximate surface area is 141 Å². The minimum absolute atomic E-state index is 0.0837. The van der Waals surface area contributed by atoms with Crippen LogP contribution in [0.4, 0.5) is 0 Å². The maximum Gasteiger partial charge on any atom is 0.273 e. The molecule has 0 aliphatic carbocycles. The van der Waals surface area contributed by atoms with Gasteiger partial charge in [0.2, 0.25) is 5.91 Å². The van der Waals surface area contributed by atoms with Gasteiger partial charge in [0.25, 0.3) is 5.91 Å². The van der Waals surface area contributed by atoms with Crippen LogP contribution in [0.1, 0.15) is 36.2 Å². The molecular formula is C19H21N3O2. The van der Waals surface area contributed by atoms with E-state index in [4.69, 9.17) is 0 Å². The van der Waals surface area contributed by atoms with Gasteiger partial charge in [0.05, 0.1) is 5.52 Å². The number of amides is 2. The lowest BCUT2D eigenvalue weighted by molar-refractivity contribution is -0.144. The lowest BCUT2D eigenvalue weighted by atomic mass is 9.85. The Balaban J connectivity index is 1.70. The topological polar surface area (TPSA) is 53.5 Å². The second-order valence-corrected chi connectivity index (χ2v) is 6.81. The van der Waals surface area contributed by atoms with Crippen LogP contribution >= 0.6 is 0 Å². The first kappa shape index (κ1) is 15.1. The third-order valence-electron chi connectivity index (χ3n) is 5.38. The lowest BCUT2D eigenvalue weighted by Gasteiger charge is -2.43. The molecule has 2 aromatic rings. The molecule has 2 saturated heterocycles. The van der Waals surface area contributed by atoms with Crippen LogP contribution in [0.25, 0.3) is 10.9 Å². The number of aromatic nitrogens is 1. The number of benzene rings is 1. The first-order chi connectivity index (χ1) is 11.6. The van der Waals surface area contributed by atoms with Crippen LogP contribution in [-0.4, -0.2) is 52.3 Å². The van der Waals surface area contributed by atoms with Crippen molar-refractivity contribution in [3.05, 3.63) is 42.1 Å². The molecule has 0 N–H and O–H groups in total. The van der Waals surface area contributed by atoms with Gasteiger partial charge in [0.15, 0.2) is 0 Å². The molecule has 0 bridgehead atoms. The minimum atomic E-state index is -0.655. The number of hydrogen-bond donors (Lipinski definition) is 0. The summed E-state index contributed by atoms with van der Waals surface area (Å²) in [5.41, 5.74) is 0.580. The van der Waals surface area contributed by atoms with Crippen LogP contribution < -0.4 is 0 Å². The first-order valence-electron chi connectivity index (χ1n) is 8.55. The van der Waals surface area contributed by atoms with E-state index < -0.39 is 5.54 Å². The number of pyridine rings is 1. The van der Waals surface area contributed by atoms with E-state index in [1.807, 2.05) is 37.4 Å². The van der Waals surface area contributed by atoms with E-state index in [0.29, 0.717) is 12.2 Å². The molecule has 5 heteroatoms. The van der Waals surface area contributed by atoms with Crippen molar-refractivity contribution in [3.63, 3.8) is 0 Å². The largest absolute Gasteiger partial charge is 0.344 e. The first-order valence-corrected chi connectivity index (χ1v) is 8.55. The van der Waals surface area contributed by atoms with Crippen molar-refractivity contribution in [1.29, 1.82) is 0 Å². The van der Waals surface area contributed by atoms with Gasteiger partial charge in [-0.1, -0.05) is 24.3 Å². The van der Waals surface area contributed by atoms with Crippen molar-refractivity contribution in [2.45, 2.75) is 31.2 Å². The molecule has 2 fully saturated rings. The second-order valence-electron chi connectivity index (χ2n) is 6.81. The summed E-state index contributed by atoms with van der Waals surface area (Å²) >= 11 is 0. The Morgan fingerprint density at radius 3 is 2.67 bits per heavy atom. The van der Waals surface area contributed by atoms with Crippen LogP contribution in [0, 0.1) is 0 Å². The summed E-state index contributed by atoms with van der Waals surface area (Å²) < 4.78 is 0. The summed E-state index contributed by atoms with van der Waals surface area (Å²) in [4.78, 5) is 34.0. The van der Waals surface area contributed by atoms with Gasteiger partial charge in [0.1, 0.15) is 11.2 Å². The molecule has 2 amide bonds. The maximum absolute atomic E-state index is 13.1. The SMILES string of the molecule is CN1CCCC2(CCCN2C(=O)c2ccc3ccccc3n2)C1=O. The van der Waals surface area contributed by atoms with Crippen LogP contribution in [0.3, 0.4) is 0 Å². The Bertz CT molecular complexity index is 819. The van der Waals surface area contributed by atoms with E-state index in [9.17, 15) is 9.59 Å². The van der Waals surface area contributed by atoms with Crippen molar-refractivity contribution in [2.75, 3.05) is 20.1 Å². The summed E-state index contributed by atoms with van der Waals surface area (Å²) in [6.45, 7) is 1.41. The summed E-state index contributed by atoms with van der Waals surface area (Å²) in [6.07, 6.45) is 3.33. The van der Waals surface area contributed by atoms with Crippen molar-refractivity contribution in [1.82, 2.24) is 14.8 Å². The van der Waals surface area contributed by atoms with Gasteiger partial charge < -0.3 is 9.80 Å². The van der Waals surface area contributed by atoms with Gasteiger partial charge in [-0.2, -0.15) is 0 Å². The summed E-state index contributed by atoms with van der Waals surface area (Å²) in [6, 6.07) is 11.5. The molecule has 1 atom stereocenters. The Morgan fingerprint density at radius 2 is 1.83 bits per heavy atom. The molecule has 0 saturated carbocycles. The molecular weight excluding hydrogens is 302 g/mol. The van der Waals surface area contributed by atoms with Crippen molar-refractivity contribution in [3.8, 4) is 0 Å². The lowest BCUT2D eigenvalue weighted by Crippen LogP contribution is -2.60. The van der Waals surface area contributed by atoms with Crippen molar-refractivity contribution < 1.29 is 9.59 Å².